The highest BCUT2D eigenvalue weighted by Crippen LogP contribution is 2.26. The second kappa shape index (κ2) is 12.6. The summed E-state index contributed by atoms with van der Waals surface area (Å²) in [7, 11) is 0. The second-order valence-corrected chi connectivity index (χ2v) is 9.10. The first-order valence-corrected chi connectivity index (χ1v) is 12.4. The lowest BCUT2D eigenvalue weighted by Crippen LogP contribution is -2.44. The maximum atomic E-state index is 12.8. The molecule has 1 fully saturated rings. The fourth-order valence-electron chi connectivity index (χ4n) is 4.52. The van der Waals surface area contributed by atoms with Gasteiger partial charge >= 0.3 is 0 Å². The number of imidazole rings is 1. The molecule has 3 rings (SSSR count). The molecule has 32 heavy (non-hydrogen) atoms. The van der Waals surface area contributed by atoms with Gasteiger partial charge < -0.3 is 14.8 Å². The Morgan fingerprint density at radius 1 is 1.28 bits per heavy atom. The van der Waals surface area contributed by atoms with Gasteiger partial charge in [-0.3, -0.25) is 4.79 Å². The second-order valence-electron chi connectivity index (χ2n) is 9.10. The van der Waals surface area contributed by atoms with Gasteiger partial charge in [0.25, 0.3) is 0 Å². The molecule has 0 aromatic carbocycles. The quantitative estimate of drug-likeness (QED) is 0.532. The molecule has 2 aromatic rings. The Balaban J connectivity index is 1.61. The molecule has 2 unspecified atom stereocenters. The summed E-state index contributed by atoms with van der Waals surface area (Å²) in [4.78, 5) is 28.7. The SMILES string of the molecule is CCCCC(CC)CNC(=O)CC1CCCCN1c1cc(C)nc(CCn2ccnc2)n1. The minimum Gasteiger partial charge on any atom is -0.356 e. The summed E-state index contributed by atoms with van der Waals surface area (Å²) in [5, 5.41) is 3.21. The predicted molar refractivity (Wildman–Crippen MR) is 129 cm³/mol. The highest BCUT2D eigenvalue weighted by molar-refractivity contribution is 5.77. The average Bonchev–Trinajstić information content (AvgIpc) is 3.31. The number of hydrogen-bond donors (Lipinski definition) is 1. The number of anilines is 1. The van der Waals surface area contributed by atoms with E-state index in [2.05, 4.69) is 40.1 Å². The van der Waals surface area contributed by atoms with Crippen LogP contribution in [0.5, 0.6) is 0 Å². The highest BCUT2D eigenvalue weighted by atomic mass is 16.1. The van der Waals surface area contributed by atoms with Gasteiger partial charge in [0.05, 0.1) is 6.33 Å². The van der Waals surface area contributed by atoms with Gasteiger partial charge in [0.1, 0.15) is 11.6 Å². The van der Waals surface area contributed by atoms with Crippen molar-refractivity contribution in [2.75, 3.05) is 18.0 Å². The molecule has 0 saturated carbocycles. The molecule has 1 aliphatic heterocycles. The van der Waals surface area contributed by atoms with Crippen LogP contribution in [-0.4, -0.2) is 44.6 Å². The minimum absolute atomic E-state index is 0.169. The van der Waals surface area contributed by atoms with Crippen molar-refractivity contribution in [3.8, 4) is 0 Å². The molecule has 2 atom stereocenters. The third-order valence-electron chi connectivity index (χ3n) is 6.51. The molecular formula is C25H40N6O. The average molecular weight is 441 g/mol. The third-order valence-corrected chi connectivity index (χ3v) is 6.51. The number of amides is 1. The maximum absolute atomic E-state index is 12.8. The van der Waals surface area contributed by atoms with Crippen LogP contribution < -0.4 is 10.2 Å². The number of carbonyl (C=O) groups excluding carboxylic acids is 1. The molecule has 0 aliphatic carbocycles. The van der Waals surface area contributed by atoms with E-state index in [4.69, 9.17) is 4.98 Å². The molecule has 7 nitrogen and oxygen atoms in total. The van der Waals surface area contributed by atoms with E-state index in [9.17, 15) is 4.79 Å². The van der Waals surface area contributed by atoms with Crippen molar-refractivity contribution in [2.24, 2.45) is 5.92 Å². The van der Waals surface area contributed by atoms with Crippen LogP contribution in [0.25, 0.3) is 0 Å². The Hall–Kier alpha value is -2.44. The fraction of sp³-hybridized carbons (Fsp3) is 0.680. The van der Waals surface area contributed by atoms with Crippen molar-refractivity contribution in [1.82, 2.24) is 24.8 Å². The van der Waals surface area contributed by atoms with Crippen LogP contribution in [0, 0.1) is 12.8 Å². The van der Waals surface area contributed by atoms with Gasteiger partial charge in [0, 0.05) is 62.7 Å². The van der Waals surface area contributed by atoms with Crippen LogP contribution in [-0.2, 0) is 17.8 Å². The minimum atomic E-state index is 0.169. The summed E-state index contributed by atoms with van der Waals surface area (Å²) in [5.74, 6) is 2.57. The monoisotopic (exact) mass is 440 g/mol. The molecule has 1 N–H and O–H groups in total. The smallest absolute Gasteiger partial charge is 0.222 e. The molecular weight excluding hydrogens is 400 g/mol. The molecule has 1 aliphatic rings. The van der Waals surface area contributed by atoms with E-state index >= 15 is 0 Å². The number of nitrogens with one attached hydrogen (secondary N) is 1. The zero-order valence-corrected chi connectivity index (χ0v) is 20.1. The Kier molecular flexibility index (Phi) is 9.50. The summed E-state index contributed by atoms with van der Waals surface area (Å²) >= 11 is 0. The normalized spacial score (nSPS) is 17.3. The zero-order chi connectivity index (χ0) is 22.8. The molecule has 176 valence electrons. The van der Waals surface area contributed by atoms with E-state index in [1.807, 2.05) is 24.0 Å². The Labute approximate surface area is 193 Å². The lowest BCUT2D eigenvalue weighted by atomic mass is 9.97. The molecule has 3 heterocycles. The number of aryl methyl sites for hydroxylation is 3. The van der Waals surface area contributed by atoms with E-state index in [1.165, 1.54) is 25.7 Å². The first kappa shape index (κ1) is 24.2. The summed E-state index contributed by atoms with van der Waals surface area (Å²) in [6.07, 6.45) is 15.0. The first-order chi connectivity index (χ1) is 15.6. The zero-order valence-electron chi connectivity index (χ0n) is 20.1. The molecule has 2 aromatic heterocycles. The van der Waals surface area contributed by atoms with Crippen molar-refractivity contribution in [2.45, 2.75) is 91.1 Å². The van der Waals surface area contributed by atoms with Crippen molar-refractivity contribution < 1.29 is 4.79 Å². The molecule has 1 saturated heterocycles. The highest BCUT2D eigenvalue weighted by Gasteiger charge is 2.26. The van der Waals surface area contributed by atoms with Crippen molar-refractivity contribution >= 4 is 11.7 Å². The van der Waals surface area contributed by atoms with Crippen LogP contribution in [0.4, 0.5) is 5.82 Å². The summed E-state index contributed by atoms with van der Waals surface area (Å²) < 4.78 is 2.05. The lowest BCUT2D eigenvalue weighted by molar-refractivity contribution is -0.121. The maximum Gasteiger partial charge on any atom is 0.222 e. The Bertz CT molecular complexity index is 822. The molecule has 7 heteroatoms. The van der Waals surface area contributed by atoms with Crippen molar-refractivity contribution in [3.63, 3.8) is 0 Å². The van der Waals surface area contributed by atoms with Crippen molar-refractivity contribution in [1.29, 1.82) is 0 Å². The summed E-state index contributed by atoms with van der Waals surface area (Å²) in [6, 6.07) is 2.27. The molecule has 1 amide bonds. The third kappa shape index (κ3) is 7.31. The summed E-state index contributed by atoms with van der Waals surface area (Å²) in [6.45, 7) is 9.03. The number of unbranched alkanes of at least 4 members (excludes halogenated alkanes) is 1. The van der Waals surface area contributed by atoms with Gasteiger partial charge in [-0.25, -0.2) is 15.0 Å². The van der Waals surface area contributed by atoms with Gasteiger partial charge in [-0.05, 0) is 38.5 Å². The van der Waals surface area contributed by atoms with Gasteiger partial charge in [-0.2, -0.15) is 0 Å². The Morgan fingerprint density at radius 2 is 2.16 bits per heavy atom. The van der Waals surface area contributed by atoms with Crippen molar-refractivity contribution in [3.05, 3.63) is 36.3 Å². The van der Waals surface area contributed by atoms with Crippen LogP contribution in [0.1, 0.15) is 76.7 Å². The number of hydrogen-bond acceptors (Lipinski definition) is 5. The number of carbonyl (C=O) groups is 1. The van der Waals surface area contributed by atoms with Crippen LogP contribution in [0.2, 0.25) is 0 Å². The number of rotatable bonds is 12. The number of nitrogens with zero attached hydrogens (tertiary/aromatic N) is 5. The molecule has 0 radical (unpaired) electrons. The van der Waals surface area contributed by atoms with E-state index in [0.717, 1.165) is 62.7 Å². The Morgan fingerprint density at radius 3 is 2.91 bits per heavy atom. The lowest BCUT2D eigenvalue weighted by Gasteiger charge is -2.36. The standard InChI is InChI=1S/C25H40N6O/c1-4-6-9-21(5-2)18-27-25(32)17-22-10-7-8-13-31(22)24-16-20(3)28-23(29-24)11-14-30-15-12-26-19-30/h12,15-16,19,21-22H,4-11,13-14,17-18H2,1-3H3,(H,27,32). The van der Waals surface area contributed by atoms with E-state index in [1.54, 1.807) is 6.20 Å². The van der Waals surface area contributed by atoms with Crippen LogP contribution in [0.3, 0.4) is 0 Å². The van der Waals surface area contributed by atoms with Gasteiger partial charge in [-0.1, -0.05) is 33.1 Å². The number of piperidine rings is 1. The van der Waals surface area contributed by atoms with Gasteiger partial charge in [-0.15, -0.1) is 0 Å². The molecule has 0 spiro atoms. The van der Waals surface area contributed by atoms with Crippen LogP contribution in [0.15, 0.2) is 24.8 Å². The van der Waals surface area contributed by atoms with E-state index in [-0.39, 0.29) is 11.9 Å². The first-order valence-electron chi connectivity index (χ1n) is 12.4. The summed E-state index contributed by atoms with van der Waals surface area (Å²) in [5.41, 5.74) is 0.978. The molecule has 0 bridgehead atoms. The van der Waals surface area contributed by atoms with Crippen LogP contribution >= 0.6 is 0 Å². The van der Waals surface area contributed by atoms with Gasteiger partial charge in [0.15, 0.2) is 0 Å². The topological polar surface area (TPSA) is 75.9 Å². The van der Waals surface area contributed by atoms with Gasteiger partial charge in [0.2, 0.25) is 5.91 Å². The fourth-order valence-corrected chi connectivity index (χ4v) is 4.52. The van der Waals surface area contributed by atoms with E-state index < -0.39 is 0 Å². The largest absolute Gasteiger partial charge is 0.356 e. The predicted octanol–water partition coefficient (Wildman–Crippen LogP) is 4.31. The number of aromatic nitrogens is 4. The van der Waals surface area contributed by atoms with E-state index in [0.29, 0.717) is 12.3 Å².